The standard InChI is InChI=1S/2C7H6N2/c2*1-6-4-7(5-8)2-3-9-6/h2*2-4H,1H3. The van der Waals surface area contributed by atoms with Crippen molar-refractivity contribution >= 4 is 0 Å². The molecule has 4 nitrogen and oxygen atoms in total. The van der Waals surface area contributed by atoms with Gasteiger partial charge in [0.25, 0.3) is 0 Å². The summed E-state index contributed by atoms with van der Waals surface area (Å²) < 4.78 is 0. The largest absolute Gasteiger partial charge is 0.262 e. The topological polar surface area (TPSA) is 73.4 Å². The van der Waals surface area contributed by atoms with Crippen molar-refractivity contribution in [2.75, 3.05) is 0 Å². The Labute approximate surface area is 106 Å². The van der Waals surface area contributed by atoms with Crippen LogP contribution in [0.3, 0.4) is 0 Å². The van der Waals surface area contributed by atoms with Crippen molar-refractivity contribution in [2.24, 2.45) is 0 Å². The van der Waals surface area contributed by atoms with E-state index in [1.165, 1.54) is 0 Å². The normalized spacial score (nSPS) is 8.44. The van der Waals surface area contributed by atoms with Crippen LogP contribution in [0.15, 0.2) is 36.7 Å². The van der Waals surface area contributed by atoms with E-state index in [1.807, 2.05) is 26.0 Å². The van der Waals surface area contributed by atoms with Gasteiger partial charge >= 0.3 is 0 Å². The van der Waals surface area contributed by atoms with Gasteiger partial charge in [-0.3, -0.25) is 9.97 Å². The third kappa shape index (κ3) is 4.42. The van der Waals surface area contributed by atoms with Gasteiger partial charge in [-0.1, -0.05) is 0 Å². The van der Waals surface area contributed by atoms with Gasteiger partial charge in [0, 0.05) is 23.8 Å². The Kier molecular flexibility index (Phi) is 5.02. The first kappa shape index (κ1) is 13.3. The Morgan fingerprint density at radius 2 is 1.22 bits per heavy atom. The van der Waals surface area contributed by atoms with Gasteiger partial charge in [0.2, 0.25) is 0 Å². The molecule has 0 aromatic carbocycles. The van der Waals surface area contributed by atoms with Crippen LogP contribution in [0.4, 0.5) is 0 Å². The minimum absolute atomic E-state index is 0.669. The van der Waals surface area contributed by atoms with Gasteiger partial charge in [0.15, 0.2) is 0 Å². The molecule has 2 aromatic heterocycles. The zero-order valence-corrected chi connectivity index (χ0v) is 10.3. The molecule has 0 radical (unpaired) electrons. The summed E-state index contributed by atoms with van der Waals surface area (Å²) in [6, 6.07) is 10.9. The summed E-state index contributed by atoms with van der Waals surface area (Å²) in [6.07, 6.45) is 3.27. The van der Waals surface area contributed by atoms with Gasteiger partial charge in [0.05, 0.1) is 23.3 Å². The summed E-state index contributed by atoms with van der Waals surface area (Å²) in [5, 5.41) is 16.8. The van der Waals surface area contributed by atoms with Crippen molar-refractivity contribution in [1.29, 1.82) is 10.5 Å². The maximum atomic E-state index is 8.38. The van der Waals surface area contributed by atoms with Gasteiger partial charge < -0.3 is 0 Å². The second kappa shape index (κ2) is 6.78. The molecule has 0 fully saturated rings. The fraction of sp³-hybridized carbons (Fsp3) is 0.143. The molecule has 0 saturated carbocycles. The van der Waals surface area contributed by atoms with Crippen molar-refractivity contribution in [3.8, 4) is 12.1 Å². The molecular formula is C14H12N4. The Balaban J connectivity index is 0.000000180. The Hall–Kier alpha value is -2.72. The number of aryl methyl sites for hydroxylation is 2. The van der Waals surface area contributed by atoms with Gasteiger partial charge in [-0.15, -0.1) is 0 Å². The van der Waals surface area contributed by atoms with Crippen LogP contribution in [0.2, 0.25) is 0 Å². The fourth-order valence-electron chi connectivity index (χ4n) is 1.23. The zero-order chi connectivity index (χ0) is 13.4. The summed E-state index contributed by atoms with van der Waals surface area (Å²) in [7, 11) is 0. The van der Waals surface area contributed by atoms with Crippen molar-refractivity contribution in [1.82, 2.24) is 9.97 Å². The first-order valence-electron chi connectivity index (χ1n) is 5.31. The first-order chi connectivity index (χ1) is 8.65. The maximum absolute atomic E-state index is 8.38. The van der Waals surface area contributed by atoms with Crippen molar-refractivity contribution < 1.29 is 0 Å². The van der Waals surface area contributed by atoms with E-state index in [0.29, 0.717) is 11.1 Å². The molecule has 0 aliphatic rings. The molecule has 2 aromatic rings. The lowest BCUT2D eigenvalue weighted by Crippen LogP contribution is -1.79. The minimum Gasteiger partial charge on any atom is -0.262 e. The van der Waals surface area contributed by atoms with Crippen molar-refractivity contribution in [2.45, 2.75) is 13.8 Å². The second-order valence-electron chi connectivity index (χ2n) is 3.60. The van der Waals surface area contributed by atoms with E-state index in [-0.39, 0.29) is 0 Å². The molecule has 2 rings (SSSR count). The summed E-state index contributed by atoms with van der Waals surface area (Å²) in [4.78, 5) is 7.87. The maximum Gasteiger partial charge on any atom is 0.0992 e. The highest BCUT2D eigenvalue weighted by Gasteiger charge is 1.88. The predicted octanol–water partition coefficient (Wildman–Crippen LogP) is 2.52. The van der Waals surface area contributed by atoms with E-state index < -0.39 is 0 Å². The van der Waals surface area contributed by atoms with E-state index >= 15 is 0 Å². The van der Waals surface area contributed by atoms with Crippen LogP contribution in [0.1, 0.15) is 22.5 Å². The summed E-state index contributed by atoms with van der Waals surface area (Å²) in [6.45, 7) is 3.72. The Morgan fingerprint density at radius 3 is 1.44 bits per heavy atom. The average Bonchev–Trinajstić information content (AvgIpc) is 2.39. The highest BCUT2D eigenvalue weighted by Crippen LogP contribution is 1.97. The van der Waals surface area contributed by atoms with Crippen molar-refractivity contribution in [3.05, 3.63) is 59.2 Å². The second-order valence-corrected chi connectivity index (χ2v) is 3.60. The number of aromatic nitrogens is 2. The van der Waals surface area contributed by atoms with Crippen LogP contribution in [-0.2, 0) is 0 Å². The highest BCUT2D eigenvalue weighted by atomic mass is 14.6. The van der Waals surface area contributed by atoms with Gasteiger partial charge in [-0.25, -0.2) is 0 Å². The lowest BCUT2D eigenvalue weighted by Gasteiger charge is -1.87. The monoisotopic (exact) mass is 236 g/mol. The number of pyridine rings is 2. The number of hydrogen-bond acceptors (Lipinski definition) is 4. The molecule has 2 heterocycles. The van der Waals surface area contributed by atoms with E-state index in [1.54, 1.807) is 36.7 Å². The Bertz CT molecular complexity index is 550. The molecule has 0 N–H and O–H groups in total. The smallest absolute Gasteiger partial charge is 0.0992 e. The first-order valence-corrected chi connectivity index (χ1v) is 5.31. The molecular weight excluding hydrogens is 224 g/mol. The summed E-state index contributed by atoms with van der Waals surface area (Å²) in [5.74, 6) is 0. The molecule has 0 amide bonds. The van der Waals surface area contributed by atoms with E-state index in [2.05, 4.69) is 9.97 Å². The number of hydrogen-bond donors (Lipinski definition) is 0. The van der Waals surface area contributed by atoms with Gasteiger partial charge in [0.1, 0.15) is 0 Å². The Morgan fingerprint density at radius 1 is 0.833 bits per heavy atom. The highest BCUT2D eigenvalue weighted by molar-refractivity contribution is 5.28. The van der Waals surface area contributed by atoms with Gasteiger partial charge in [-0.2, -0.15) is 10.5 Å². The van der Waals surface area contributed by atoms with Crippen LogP contribution in [0.25, 0.3) is 0 Å². The molecule has 0 bridgehead atoms. The van der Waals surface area contributed by atoms with E-state index in [9.17, 15) is 0 Å². The molecule has 0 atom stereocenters. The van der Waals surface area contributed by atoms with Crippen LogP contribution < -0.4 is 0 Å². The molecule has 0 saturated heterocycles. The van der Waals surface area contributed by atoms with Crippen molar-refractivity contribution in [3.63, 3.8) is 0 Å². The quantitative estimate of drug-likeness (QED) is 0.704. The number of nitrogens with zero attached hydrogens (tertiary/aromatic N) is 4. The molecule has 88 valence electrons. The SMILES string of the molecule is Cc1cc(C#N)ccn1.Cc1cc(C#N)ccn1. The predicted molar refractivity (Wildman–Crippen MR) is 67.4 cm³/mol. The van der Waals surface area contributed by atoms with Crippen LogP contribution in [0, 0.1) is 36.5 Å². The molecule has 0 aliphatic carbocycles. The molecule has 0 spiro atoms. The average molecular weight is 236 g/mol. The van der Waals surface area contributed by atoms with Crippen LogP contribution in [0.5, 0.6) is 0 Å². The fourth-order valence-corrected chi connectivity index (χ4v) is 1.23. The molecule has 0 aliphatic heterocycles. The van der Waals surface area contributed by atoms with Crippen LogP contribution in [-0.4, -0.2) is 9.97 Å². The lowest BCUT2D eigenvalue weighted by atomic mass is 10.2. The molecule has 18 heavy (non-hydrogen) atoms. The lowest BCUT2D eigenvalue weighted by molar-refractivity contribution is 1.19. The van der Waals surface area contributed by atoms with E-state index in [0.717, 1.165) is 11.4 Å². The minimum atomic E-state index is 0.669. The summed E-state index contributed by atoms with van der Waals surface area (Å²) in [5.41, 5.74) is 3.10. The molecule has 0 unspecified atom stereocenters. The van der Waals surface area contributed by atoms with Gasteiger partial charge in [-0.05, 0) is 38.1 Å². The van der Waals surface area contributed by atoms with Crippen LogP contribution >= 0.6 is 0 Å². The number of rotatable bonds is 0. The van der Waals surface area contributed by atoms with E-state index in [4.69, 9.17) is 10.5 Å². The third-order valence-corrected chi connectivity index (χ3v) is 2.05. The zero-order valence-electron chi connectivity index (χ0n) is 10.3. The third-order valence-electron chi connectivity index (χ3n) is 2.05. The molecule has 4 heteroatoms. The summed E-state index contributed by atoms with van der Waals surface area (Å²) >= 11 is 0. The number of nitriles is 2.